The Balaban J connectivity index is 1.58. The molecule has 4 rings (SSSR count). The number of rotatable bonds is 15. The minimum atomic E-state index is -3.69. The third kappa shape index (κ3) is 7.84. The average Bonchev–Trinajstić information content (AvgIpc) is 3.30. The van der Waals surface area contributed by atoms with E-state index in [1.165, 1.54) is 0 Å². The molecule has 204 valence electrons. The summed E-state index contributed by atoms with van der Waals surface area (Å²) in [7, 11) is -3.69. The highest BCUT2D eigenvalue weighted by atomic mass is 31.2. The standard InChI is InChI=1S/C30H37O7P/c1-3-35-38(31,36-4-2)30-29(34-22-26-18-12-7-13-19-26)28(33-21-25-16-10-6-11-17-25)27(37-30)23-32-20-24-14-8-5-9-15-24/h5-19,27-30H,3-4,20-23H2,1-2H3/t27-,28-,29+,30+/m1/s1. The van der Waals surface area contributed by atoms with Gasteiger partial charge in [0.05, 0.1) is 39.6 Å². The van der Waals surface area contributed by atoms with E-state index in [1.807, 2.05) is 91.0 Å². The normalized spacial score (nSPS) is 21.5. The molecule has 0 spiro atoms. The average molecular weight is 541 g/mol. The van der Waals surface area contributed by atoms with Gasteiger partial charge in [0.25, 0.3) is 0 Å². The van der Waals surface area contributed by atoms with Crippen LogP contribution in [-0.2, 0) is 52.4 Å². The molecule has 1 aliphatic heterocycles. The lowest BCUT2D eigenvalue weighted by Crippen LogP contribution is -2.39. The summed E-state index contributed by atoms with van der Waals surface area (Å²) in [6, 6.07) is 29.6. The summed E-state index contributed by atoms with van der Waals surface area (Å²) < 4.78 is 50.6. The number of benzene rings is 3. The molecule has 1 aliphatic rings. The summed E-state index contributed by atoms with van der Waals surface area (Å²) >= 11 is 0. The lowest BCUT2D eigenvalue weighted by Gasteiger charge is -2.28. The van der Waals surface area contributed by atoms with E-state index in [2.05, 4.69) is 0 Å². The van der Waals surface area contributed by atoms with Crippen molar-refractivity contribution < 1.29 is 32.6 Å². The van der Waals surface area contributed by atoms with E-state index < -0.39 is 31.8 Å². The minimum absolute atomic E-state index is 0.216. The SMILES string of the molecule is CCOP(=O)(OCC)[C@@H]1O[C@H](COCc2ccccc2)[C@@H](OCc2ccccc2)[C@@H]1OCc1ccccc1. The summed E-state index contributed by atoms with van der Waals surface area (Å²) in [6.07, 6.45) is -1.80. The van der Waals surface area contributed by atoms with Crippen LogP contribution in [0.25, 0.3) is 0 Å². The second-order valence-electron chi connectivity index (χ2n) is 8.96. The molecule has 3 aromatic rings. The third-order valence-electron chi connectivity index (χ3n) is 6.18. The van der Waals surface area contributed by atoms with Gasteiger partial charge in [0.1, 0.15) is 18.3 Å². The monoisotopic (exact) mass is 540 g/mol. The first-order valence-corrected chi connectivity index (χ1v) is 14.7. The van der Waals surface area contributed by atoms with E-state index in [4.69, 9.17) is 28.0 Å². The Labute approximate surface area is 225 Å². The smallest absolute Gasteiger partial charge is 0.361 e. The zero-order chi connectivity index (χ0) is 26.6. The molecular formula is C30H37O7P. The molecule has 1 saturated heterocycles. The van der Waals surface area contributed by atoms with Gasteiger partial charge in [-0.2, -0.15) is 0 Å². The lowest BCUT2D eigenvalue weighted by molar-refractivity contribution is -0.0896. The number of ether oxygens (including phenoxy) is 4. The van der Waals surface area contributed by atoms with Gasteiger partial charge in [-0.1, -0.05) is 91.0 Å². The molecule has 7 nitrogen and oxygen atoms in total. The molecule has 1 heterocycles. The van der Waals surface area contributed by atoms with Gasteiger partial charge < -0.3 is 28.0 Å². The molecular weight excluding hydrogens is 503 g/mol. The molecule has 0 bridgehead atoms. The van der Waals surface area contributed by atoms with E-state index in [-0.39, 0.29) is 19.8 Å². The summed E-state index contributed by atoms with van der Waals surface area (Å²) in [5, 5.41) is 0. The first kappa shape index (κ1) is 28.7. The van der Waals surface area contributed by atoms with Crippen molar-refractivity contribution in [3.63, 3.8) is 0 Å². The van der Waals surface area contributed by atoms with Crippen LogP contribution in [0.4, 0.5) is 0 Å². The van der Waals surface area contributed by atoms with Crippen LogP contribution in [0.2, 0.25) is 0 Å². The van der Waals surface area contributed by atoms with Crippen molar-refractivity contribution in [2.24, 2.45) is 0 Å². The predicted molar refractivity (Wildman–Crippen MR) is 146 cm³/mol. The Kier molecular flexibility index (Phi) is 11.1. The van der Waals surface area contributed by atoms with Crippen LogP contribution in [0.1, 0.15) is 30.5 Å². The highest BCUT2D eigenvalue weighted by molar-refractivity contribution is 7.54. The highest BCUT2D eigenvalue weighted by Crippen LogP contribution is 2.58. The van der Waals surface area contributed by atoms with Crippen molar-refractivity contribution in [2.45, 2.75) is 57.8 Å². The van der Waals surface area contributed by atoms with Gasteiger partial charge in [-0.3, -0.25) is 4.57 Å². The van der Waals surface area contributed by atoms with Crippen molar-refractivity contribution in [3.8, 4) is 0 Å². The van der Waals surface area contributed by atoms with Crippen LogP contribution in [0.5, 0.6) is 0 Å². The maximum Gasteiger partial charge on any atom is 0.361 e. The molecule has 0 saturated carbocycles. The fraction of sp³-hybridized carbons (Fsp3) is 0.400. The first-order valence-electron chi connectivity index (χ1n) is 13.1. The van der Waals surface area contributed by atoms with Crippen LogP contribution >= 0.6 is 7.60 Å². The van der Waals surface area contributed by atoms with E-state index in [1.54, 1.807) is 13.8 Å². The number of hydrogen-bond acceptors (Lipinski definition) is 7. The Morgan fingerprint density at radius 3 is 1.58 bits per heavy atom. The van der Waals surface area contributed by atoms with Crippen LogP contribution in [0.15, 0.2) is 91.0 Å². The Morgan fingerprint density at radius 1 is 0.658 bits per heavy atom. The Hall–Kier alpha value is -2.35. The molecule has 0 unspecified atom stereocenters. The van der Waals surface area contributed by atoms with E-state index in [9.17, 15) is 4.57 Å². The molecule has 0 N–H and O–H groups in total. The molecule has 0 aromatic heterocycles. The van der Waals surface area contributed by atoms with Crippen molar-refractivity contribution in [1.29, 1.82) is 0 Å². The summed E-state index contributed by atoms with van der Waals surface area (Å²) in [5.74, 6) is -0.961. The molecule has 3 aromatic carbocycles. The summed E-state index contributed by atoms with van der Waals surface area (Å²) in [5.41, 5.74) is 3.05. The highest BCUT2D eigenvalue weighted by Gasteiger charge is 2.55. The summed E-state index contributed by atoms with van der Waals surface area (Å²) in [6.45, 7) is 5.28. The minimum Gasteiger partial charge on any atom is -0.374 e. The quantitative estimate of drug-likeness (QED) is 0.208. The molecule has 4 atom stereocenters. The predicted octanol–water partition coefficient (Wildman–Crippen LogP) is 6.37. The van der Waals surface area contributed by atoms with E-state index in [0.29, 0.717) is 19.8 Å². The Bertz CT molecular complexity index is 1100. The van der Waals surface area contributed by atoms with Crippen molar-refractivity contribution in [3.05, 3.63) is 108 Å². The topological polar surface area (TPSA) is 72.5 Å². The second kappa shape index (κ2) is 14.7. The van der Waals surface area contributed by atoms with Gasteiger partial charge in [0.15, 0.2) is 5.85 Å². The van der Waals surface area contributed by atoms with Crippen molar-refractivity contribution >= 4 is 7.60 Å². The molecule has 0 radical (unpaired) electrons. The fourth-order valence-corrected chi connectivity index (χ4v) is 6.43. The summed E-state index contributed by atoms with van der Waals surface area (Å²) in [4.78, 5) is 0. The van der Waals surface area contributed by atoms with Crippen LogP contribution < -0.4 is 0 Å². The van der Waals surface area contributed by atoms with Crippen LogP contribution in [-0.4, -0.2) is 44.0 Å². The van der Waals surface area contributed by atoms with Crippen LogP contribution in [0.3, 0.4) is 0 Å². The van der Waals surface area contributed by atoms with Gasteiger partial charge >= 0.3 is 7.60 Å². The zero-order valence-electron chi connectivity index (χ0n) is 22.0. The maximum absolute atomic E-state index is 14.0. The zero-order valence-corrected chi connectivity index (χ0v) is 22.9. The molecule has 8 heteroatoms. The largest absolute Gasteiger partial charge is 0.374 e. The van der Waals surface area contributed by atoms with Crippen molar-refractivity contribution in [1.82, 2.24) is 0 Å². The first-order chi connectivity index (χ1) is 18.6. The lowest BCUT2D eigenvalue weighted by atomic mass is 10.1. The van der Waals surface area contributed by atoms with Gasteiger partial charge in [-0.05, 0) is 30.5 Å². The molecule has 0 aliphatic carbocycles. The van der Waals surface area contributed by atoms with Crippen molar-refractivity contribution in [2.75, 3.05) is 19.8 Å². The van der Waals surface area contributed by atoms with E-state index in [0.717, 1.165) is 16.7 Å². The van der Waals surface area contributed by atoms with Crippen LogP contribution in [0, 0.1) is 0 Å². The Morgan fingerprint density at radius 2 is 1.11 bits per heavy atom. The van der Waals surface area contributed by atoms with Gasteiger partial charge in [0.2, 0.25) is 0 Å². The molecule has 38 heavy (non-hydrogen) atoms. The second-order valence-corrected chi connectivity index (χ2v) is 11.1. The molecule has 1 fully saturated rings. The van der Waals surface area contributed by atoms with Gasteiger partial charge in [-0.25, -0.2) is 0 Å². The van der Waals surface area contributed by atoms with Gasteiger partial charge in [-0.15, -0.1) is 0 Å². The third-order valence-corrected chi connectivity index (χ3v) is 8.45. The maximum atomic E-state index is 14.0. The number of hydrogen-bond donors (Lipinski definition) is 0. The van der Waals surface area contributed by atoms with Gasteiger partial charge in [0, 0.05) is 0 Å². The fourth-order valence-electron chi connectivity index (χ4n) is 4.42. The van der Waals surface area contributed by atoms with E-state index >= 15 is 0 Å². The molecule has 0 amide bonds.